The van der Waals surface area contributed by atoms with Crippen molar-refractivity contribution in [3.8, 4) is 0 Å². The van der Waals surface area contributed by atoms with E-state index in [4.69, 9.17) is 34.8 Å². The fourth-order valence-electron chi connectivity index (χ4n) is 2.57. The van der Waals surface area contributed by atoms with E-state index in [9.17, 15) is 4.79 Å². The molecule has 0 saturated carbocycles. The lowest BCUT2D eigenvalue weighted by Crippen LogP contribution is -2.26. The average Bonchev–Trinajstić information content (AvgIpc) is 3.17. The van der Waals surface area contributed by atoms with Crippen LogP contribution in [-0.4, -0.2) is 25.5 Å². The van der Waals surface area contributed by atoms with E-state index in [0.29, 0.717) is 38.3 Å². The summed E-state index contributed by atoms with van der Waals surface area (Å²) in [6.07, 6.45) is 5.44. The predicted octanol–water partition coefficient (Wildman–Crippen LogP) is 5.44. The van der Waals surface area contributed by atoms with E-state index in [1.165, 1.54) is 10.9 Å². The van der Waals surface area contributed by atoms with Gasteiger partial charge in [-0.2, -0.15) is 10.2 Å². The molecular weight excluding hydrogens is 476 g/mol. The Morgan fingerprint density at radius 3 is 2.67 bits per heavy atom. The number of carbonyl (C=O) groups excluding carboxylic acids is 1. The highest BCUT2D eigenvalue weighted by Crippen LogP contribution is 2.25. The van der Waals surface area contributed by atoms with Gasteiger partial charge in [0.1, 0.15) is 6.04 Å². The Balaban J connectivity index is 1.75. The molecule has 0 bridgehead atoms. The topological polar surface area (TPSA) is 64.7 Å². The molecule has 0 saturated heterocycles. The summed E-state index contributed by atoms with van der Waals surface area (Å²) in [5.74, 6) is 0.189. The van der Waals surface area contributed by atoms with Gasteiger partial charge in [-0.3, -0.25) is 14.2 Å². The summed E-state index contributed by atoms with van der Waals surface area (Å²) >= 11 is 21.5. The Morgan fingerprint density at radius 2 is 2.04 bits per heavy atom. The molecule has 0 spiro atoms. The van der Waals surface area contributed by atoms with Gasteiger partial charge >= 0.3 is 0 Å². The first-order chi connectivity index (χ1) is 12.9. The molecule has 10 heteroatoms. The van der Waals surface area contributed by atoms with Crippen molar-refractivity contribution in [3.05, 3.63) is 61.9 Å². The van der Waals surface area contributed by atoms with Gasteiger partial charge in [0, 0.05) is 22.4 Å². The van der Waals surface area contributed by atoms with Gasteiger partial charge in [0.2, 0.25) is 5.91 Å². The van der Waals surface area contributed by atoms with Crippen LogP contribution in [0, 0.1) is 0 Å². The molecular formula is C17H15BrCl3N5O. The first kappa shape index (κ1) is 20.2. The molecule has 2 heterocycles. The fraction of sp³-hybridized carbons (Fsp3) is 0.235. The van der Waals surface area contributed by atoms with E-state index in [1.54, 1.807) is 29.2 Å². The van der Waals surface area contributed by atoms with Gasteiger partial charge in [-0.25, -0.2) is 0 Å². The van der Waals surface area contributed by atoms with Crippen molar-refractivity contribution >= 4 is 62.5 Å². The Bertz CT molecular complexity index is 971. The molecule has 1 amide bonds. The summed E-state index contributed by atoms with van der Waals surface area (Å²) < 4.78 is 3.88. The number of benzene rings is 1. The van der Waals surface area contributed by atoms with Crippen LogP contribution < -0.4 is 5.32 Å². The largest absolute Gasteiger partial charge is 0.306 e. The molecule has 27 heavy (non-hydrogen) atoms. The van der Waals surface area contributed by atoms with Crippen LogP contribution >= 0.6 is 50.7 Å². The van der Waals surface area contributed by atoms with Crippen LogP contribution in [0.2, 0.25) is 15.1 Å². The highest BCUT2D eigenvalue weighted by Gasteiger charge is 2.21. The molecule has 1 aromatic carbocycles. The summed E-state index contributed by atoms with van der Waals surface area (Å²) in [6, 6.07) is 4.80. The van der Waals surface area contributed by atoms with Gasteiger partial charge in [-0.15, -0.1) is 0 Å². The maximum absolute atomic E-state index is 12.6. The third kappa shape index (κ3) is 4.85. The summed E-state index contributed by atoms with van der Waals surface area (Å²) in [5.41, 5.74) is 0.867. The normalized spacial score (nSPS) is 12.2. The van der Waals surface area contributed by atoms with Crippen LogP contribution in [-0.2, 0) is 11.3 Å². The van der Waals surface area contributed by atoms with Gasteiger partial charge < -0.3 is 5.32 Å². The highest BCUT2D eigenvalue weighted by atomic mass is 79.9. The number of anilines is 1. The quantitative estimate of drug-likeness (QED) is 0.499. The summed E-state index contributed by atoms with van der Waals surface area (Å²) in [6.45, 7) is 2.34. The first-order valence-electron chi connectivity index (χ1n) is 8.04. The van der Waals surface area contributed by atoms with Crippen molar-refractivity contribution in [2.75, 3.05) is 5.32 Å². The van der Waals surface area contributed by atoms with Crippen molar-refractivity contribution in [3.63, 3.8) is 0 Å². The molecule has 0 radical (unpaired) electrons. The van der Waals surface area contributed by atoms with E-state index in [1.807, 2.05) is 13.0 Å². The van der Waals surface area contributed by atoms with Crippen LogP contribution in [0.1, 0.15) is 24.9 Å². The minimum Gasteiger partial charge on any atom is -0.306 e. The molecule has 1 atom stereocenters. The number of hydrogen-bond donors (Lipinski definition) is 1. The van der Waals surface area contributed by atoms with Gasteiger partial charge in [-0.1, -0.05) is 47.8 Å². The molecule has 3 rings (SSSR count). The smallest absolute Gasteiger partial charge is 0.250 e. The molecule has 1 unspecified atom stereocenters. The van der Waals surface area contributed by atoms with Gasteiger partial charge in [0.05, 0.1) is 22.2 Å². The second-order valence-electron chi connectivity index (χ2n) is 5.81. The number of halogens is 4. The number of hydrogen-bond acceptors (Lipinski definition) is 3. The Kier molecular flexibility index (Phi) is 6.47. The second kappa shape index (κ2) is 8.65. The van der Waals surface area contributed by atoms with E-state index in [-0.39, 0.29) is 5.91 Å². The number of carbonyl (C=O) groups is 1. The summed E-state index contributed by atoms with van der Waals surface area (Å²) in [5, 5.41) is 13.0. The Morgan fingerprint density at radius 1 is 1.26 bits per heavy atom. The third-order valence-corrected chi connectivity index (χ3v) is 5.25. The number of nitrogens with zero attached hydrogens (tertiary/aromatic N) is 4. The molecule has 6 nitrogen and oxygen atoms in total. The van der Waals surface area contributed by atoms with Gasteiger partial charge in [0.15, 0.2) is 5.82 Å². The fourth-order valence-corrected chi connectivity index (χ4v) is 3.59. The van der Waals surface area contributed by atoms with E-state index in [2.05, 4.69) is 31.4 Å². The maximum Gasteiger partial charge on any atom is 0.250 e. The zero-order valence-corrected chi connectivity index (χ0v) is 18.0. The maximum atomic E-state index is 12.6. The van der Waals surface area contributed by atoms with Crippen LogP contribution in [0.3, 0.4) is 0 Å². The highest BCUT2D eigenvalue weighted by molar-refractivity contribution is 9.10. The van der Waals surface area contributed by atoms with Gasteiger partial charge in [-0.05, 0) is 40.0 Å². The lowest BCUT2D eigenvalue weighted by molar-refractivity contribution is -0.119. The standard InChI is InChI=1S/C17H15BrCl3N5O/c1-2-15(26-8-12(20)6-22-26)17(27)23-16-13(18)9-25(24-16)7-10-3-4-11(19)5-14(10)21/h3-6,8-9,15H,2,7H2,1H3,(H,23,24,27). The Hall–Kier alpha value is -1.54. The van der Waals surface area contributed by atoms with Crippen LogP contribution in [0.4, 0.5) is 5.82 Å². The van der Waals surface area contributed by atoms with Crippen molar-refractivity contribution in [1.29, 1.82) is 0 Å². The van der Waals surface area contributed by atoms with Crippen molar-refractivity contribution in [2.45, 2.75) is 25.9 Å². The number of rotatable bonds is 6. The van der Waals surface area contributed by atoms with Crippen LogP contribution in [0.25, 0.3) is 0 Å². The lowest BCUT2D eigenvalue weighted by Gasteiger charge is -2.14. The molecule has 0 fully saturated rings. The number of aromatic nitrogens is 4. The summed E-state index contributed by atoms with van der Waals surface area (Å²) in [4.78, 5) is 12.6. The molecule has 1 N–H and O–H groups in total. The molecule has 0 aliphatic rings. The number of amides is 1. The monoisotopic (exact) mass is 489 g/mol. The van der Waals surface area contributed by atoms with E-state index < -0.39 is 6.04 Å². The summed E-state index contributed by atoms with van der Waals surface area (Å²) in [7, 11) is 0. The third-order valence-electron chi connectivity index (χ3n) is 3.88. The number of nitrogens with one attached hydrogen (secondary N) is 1. The average molecular weight is 492 g/mol. The van der Waals surface area contributed by atoms with Crippen molar-refractivity contribution < 1.29 is 4.79 Å². The first-order valence-corrected chi connectivity index (χ1v) is 9.97. The Labute approximate surface area is 179 Å². The minimum atomic E-state index is -0.486. The minimum absolute atomic E-state index is 0.229. The molecule has 3 aromatic rings. The zero-order chi connectivity index (χ0) is 19.6. The second-order valence-corrected chi connectivity index (χ2v) is 7.95. The zero-order valence-electron chi connectivity index (χ0n) is 14.2. The van der Waals surface area contributed by atoms with Gasteiger partial charge in [0.25, 0.3) is 0 Å². The van der Waals surface area contributed by atoms with Crippen molar-refractivity contribution in [1.82, 2.24) is 19.6 Å². The molecule has 2 aromatic heterocycles. The van der Waals surface area contributed by atoms with Crippen LogP contribution in [0.15, 0.2) is 41.3 Å². The van der Waals surface area contributed by atoms with Crippen molar-refractivity contribution in [2.24, 2.45) is 0 Å². The van der Waals surface area contributed by atoms with E-state index in [0.717, 1.165) is 5.56 Å². The van der Waals surface area contributed by atoms with Crippen LogP contribution in [0.5, 0.6) is 0 Å². The molecule has 0 aliphatic carbocycles. The molecule has 0 aliphatic heterocycles. The van der Waals surface area contributed by atoms with E-state index >= 15 is 0 Å². The predicted molar refractivity (Wildman–Crippen MR) is 111 cm³/mol. The lowest BCUT2D eigenvalue weighted by atomic mass is 10.2. The molecule has 142 valence electrons. The SMILES string of the molecule is CCC(C(=O)Nc1nn(Cc2ccc(Cl)cc2Cl)cc1Br)n1cc(Cl)cn1.